The van der Waals surface area contributed by atoms with Crippen LogP contribution in [0.2, 0.25) is 0 Å². The molecule has 3 aromatic rings. The zero-order valence-corrected chi connectivity index (χ0v) is 17.3. The maximum atomic E-state index is 13.8. The molecule has 1 aromatic carbocycles. The second-order valence-electron chi connectivity index (χ2n) is 8.46. The quantitative estimate of drug-likeness (QED) is 0.550. The van der Waals surface area contributed by atoms with Gasteiger partial charge in [0, 0.05) is 30.4 Å². The molecular formula is C22H19F5N4O2. The first-order valence-electron chi connectivity index (χ1n) is 10.5. The molecule has 1 amide bonds. The number of hydrogen-bond acceptors (Lipinski definition) is 3. The summed E-state index contributed by atoms with van der Waals surface area (Å²) < 4.78 is 69.7. The van der Waals surface area contributed by atoms with E-state index in [0.717, 1.165) is 23.5 Å². The number of halogens is 5. The van der Waals surface area contributed by atoms with E-state index in [1.54, 1.807) is 6.20 Å². The maximum absolute atomic E-state index is 13.8. The van der Waals surface area contributed by atoms with Gasteiger partial charge in [0.15, 0.2) is 0 Å². The summed E-state index contributed by atoms with van der Waals surface area (Å²) in [5.74, 6) is -1.24. The largest absolute Gasteiger partial charge is 0.419 e. The zero-order valence-electron chi connectivity index (χ0n) is 17.3. The molecule has 0 bridgehead atoms. The molecule has 3 heterocycles. The van der Waals surface area contributed by atoms with Crippen molar-refractivity contribution >= 4 is 11.4 Å². The van der Waals surface area contributed by atoms with Crippen molar-refractivity contribution in [3.05, 3.63) is 58.2 Å². The molecule has 1 aliphatic carbocycles. The molecule has 2 aliphatic rings. The van der Waals surface area contributed by atoms with Crippen LogP contribution < -0.4 is 5.56 Å². The predicted molar refractivity (Wildman–Crippen MR) is 108 cm³/mol. The second-order valence-corrected chi connectivity index (χ2v) is 8.46. The van der Waals surface area contributed by atoms with Crippen LogP contribution in [0.4, 0.5) is 22.0 Å². The van der Waals surface area contributed by atoms with Crippen molar-refractivity contribution in [3.8, 4) is 11.3 Å². The Bertz CT molecular complexity index is 1310. The Labute approximate surface area is 184 Å². The highest BCUT2D eigenvalue weighted by atomic mass is 19.4. The lowest BCUT2D eigenvalue weighted by Gasteiger charge is -2.16. The number of nitrogens with zero attached hydrogens (tertiary/aromatic N) is 4. The summed E-state index contributed by atoms with van der Waals surface area (Å²) in [7, 11) is 0. The number of benzene rings is 1. The third kappa shape index (κ3) is 3.89. The van der Waals surface area contributed by atoms with Crippen LogP contribution in [0.25, 0.3) is 16.8 Å². The number of hydrogen-bond donors (Lipinski definition) is 0. The molecule has 1 saturated heterocycles. The number of amides is 1. The third-order valence-corrected chi connectivity index (χ3v) is 6.07. The maximum Gasteiger partial charge on any atom is 0.419 e. The number of rotatable bonds is 4. The van der Waals surface area contributed by atoms with Crippen LogP contribution in [0, 0.1) is 5.82 Å². The summed E-state index contributed by atoms with van der Waals surface area (Å²) in [4.78, 5) is 31.6. The number of carbonyl (C=O) groups is 1. The van der Waals surface area contributed by atoms with Gasteiger partial charge < -0.3 is 9.47 Å². The Morgan fingerprint density at radius 2 is 1.91 bits per heavy atom. The topological polar surface area (TPSA) is 59.6 Å². The first-order chi connectivity index (χ1) is 15.6. The molecule has 2 fully saturated rings. The highest BCUT2D eigenvalue weighted by molar-refractivity contribution is 5.79. The van der Waals surface area contributed by atoms with Gasteiger partial charge in [-0.3, -0.25) is 14.0 Å². The normalized spacial score (nSPS) is 18.9. The van der Waals surface area contributed by atoms with E-state index in [0.29, 0.717) is 18.0 Å². The van der Waals surface area contributed by atoms with E-state index in [4.69, 9.17) is 0 Å². The average Bonchev–Trinajstić information content (AvgIpc) is 3.38. The van der Waals surface area contributed by atoms with Crippen molar-refractivity contribution in [1.29, 1.82) is 0 Å². The number of carbonyl (C=O) groups excluding carboxylic acids is 1. The van der Waals surface area contributed by atoms with Gasteiger partial charge in [0.05, 0.1) is 12.1 Å². The molecule has 1 unspecified atom stereocenters. The van der Waals surface area contributed by atoms with Crippen LogP contribution in [0.1, 0.15) is 36.6 Å². The Balaban J connectivity index is 1.61. The molecule has 1 aliphatic heterocycles. The predicted octanol–water partition coefficient (Wildman–Crippen LogP) is 3.77. The van der Waals surface area contributed by atoms with E-state index in [1.807, 2.05) is 0 Å². The number of alkyl halides is 4. The number of aromatic nitrogens is 3. The van der Waals surface area contributed by atoms with Gasteiger partial charge >= 0.3 is 6.18 Å². The van der Waals surface area contributed by atoms with Crippen molar-refractivity contribution in [3.63, 3.8) is 0 Å². The summed E-state index contributed by atoms with van der Waals surface area (Å²) in [6.45, 7) is -0.103. The summed E-state index contributed by atoms with van der Waals surface area (Å²) in [5, 5.41) is 0. The lowest BCUT2D eigenvalue weighted by atomic mass is 10.1. The van der Waals surface area contributed by atoms with Crippen LogP contribution >= 0.6 is 0 Å². The fraction of sp³-hybridized carbons (Fsp3) is 0.409. The van der Waals surface area contributed by atoms with E-state index in [1.165, 1.54) is 15.5 Å². The van der Waals surface area contributed by atoms with Crippen molar-refractivity contribution in [1.82, 2.24) is 18.9 Å². The first kappa shape index (κ1) is 21.6. The van der Waals surface area contributed by atoms with Gasteiger partial charge in [-0.15, -0.1) is 0 Å². The molecule has 0 radical (unpaired) electrons. The SMILES string of the molecule is O=C(Cn1ccn2c(C3CC3)nc(-c3ccc(F)c(C(F)(F)F)c3)c2c1=O)N1CCC(F)C1. The highest BCUT2D eigenvalue weighted by Gasteiger charge is 2.36. The van der Waals surface area contributed by atoms with Crippen molar-refractivity contribution in [2.45, 2.75) is 44.1 Å². The average molecular weight is 466 g/mol. The Morgan fingerprint density at radius 3 is 2.55 bits per heavy atom. The van der Waals surface area contributed by atoms with Crippen LogP contribution in [0.15, 0.2) is 35.4 Å². The highest BCUT2D eigenvalue weighted by Crippen LogP contribution is 2.41. The smallest absolute Gasteiger partial charge is 0.338 e. The minimum Gasteiger partial charge on any atom is -0.338 e. The lowest BCUT2D eigenvalue weighted by Crippen LogP contribution is -2.35. The van der Waals surface area contributed by atoms with E-state index < -0.39 is 35.2 Å². The number of imidazole rings is 1. The lowest BCUT2D eigenvalue weighted by molar-refractivity contribution is -0.140. The fourth-order valence-electron chi connectivity index (χ4n) is 4.19. The van der Waals surface area contributed by atoms with Crippen LogP contribution in [0.3, 0.4) is 0 Å². The Morgan fingerprint density at radius 1 is 1.15 bits per heavy atom. The van der Waals surface area contributed by atoms with Gasteiger partial charge in [-0.25, -0.2) is 13.8 Å². The minimum atomic E-state index is -4.91. The molecule has 1 atom stereocenters. The number of fused-ring (bicyclic) bond motifs is 1. The second kappa shape index (κ2) is 7.67. The van der Waals surface area contributed by atoms with Gasteiger partial charge in [-0.1, -0.05) is 0 Å². The van der Waals surface area contributed by atoms with Gasteiger partial charge in [-0.2, -0.15) is 13.2 Å². The standard InChI is InChI=1S/C22H19F5N4O2/c23-14-5-6-29(10-14)17(32)11-30-7-8-31-19(21(30)33)18(28-20(31)12-1-2-12)13-3-4-16(24)15(9-13)22(25,26)27/h3-4,7-9,12,14H,1-2,5-6,10-11H2. The summed E-state index contributed by atoms with van der Waals surface area (Å²) in [6.07, 6.45) is -1.15. The first-order valence-corrected chi connectivity index (χ1v) is 10.5. The van der Waals surface area contributed by atoms with E-state index in [9.17, 15) is 31.5 Å². The molecule has 1 saturated carbocycles. The molecule has 2 aromatic heterocycles. The molecule has 5 rings (SSSR count). The van der Waals surface area contributed by atoms with Gasteiger partial charge in [0.25, 0.3) is 5.56 Å². The molecule has 11 heteroatoms. The Kier molecular flexibility index (Phi) is 5.02. The molecule has 174 valence electrons. The van der Waals surface area contributed by atoms with Gasteiger partial charge in [0.1, 0.15) is 35.6 Å². The van der Waals surface area contributed by atoms with Crippen molar-refractivity contribution in [2.24, 2.45) is 0 Å². The fourth-order valence-corrected chi connectivity index (χ4v) is 4.19. The molecule has 0 spiro atoms. The van der Waals surface area contributed by atoms with Crippen LogP contribution in [-0.2, 0) is 17.5 Å². The minimum absolute atomic E-state index is 0.000747. The van der Waals surface area contributed by atoms with Crippen LogP contribution in [0.5, 0.6) is 0 Å². The molecule has 6 nitrogen and oxygen atoms in total. The van der Waals surface area contributed by atoms with E-state index >= 15 is 0 Å². The monoisotopic (exact) mass is 466 g/mol. The Hall–Kier alpha value is -3.24. The van der Waals surface area contributed by atoms with E-state index in [-0.39, 0.29) is 48.7 Å². The third-order valence-electron chi connectivity index (χ3n) is 6.07. The summed E-state index contributed by atoms with van der Waals surface area (Å²) in [6, 6.07) is 2.49. The molecule has 0 N–H and O–H groups in total. The van der Waals surface area contributed by atoms with Crippen LogP contribution in [-0.4, -0.2) is 44.0 Å². The zero-order chi connectivity index (χ0) is 23.5. The number of likely N-dealkylation sites (tertiary alicyclic amines) is 1. The van der Waals surface area contributed by atoms with Gasteiger partial charge in [0.2, 0.25) is 5.91 Å². The van der Waals surface area contributed by atoms with E-state index in [2.05, 4.69) is 4.98 Å². The van der Waals surface area contributed by atoms with Gasteiger partial charge in [-0.05, 0) is 37.5 Å². The molecular weight excluding hydrogens is 447 g/mol. The van der Waals surface area contributed by atoms with Crippen molar-refractivity contribution in [2.75, 3.05) is 13.1 Å². The summed E-state index contributed by atoms with van der Waals surface area (Å²) in [5.41, 5.74) is -2.10. The summed E-state index contributed by atoms with van der Waals surface area (Å²) >= 11 is 0. The van der Waals surface area contributed by atoms with Crippen molar-refractivity contribution < 1.29 is 26.7 Å². The molecule has 33 heavy (non-hydrogen) atoms.